The van der Waals surface area contributed by atoms with Gasteiger partial charge in [0.1, 0.15) is 12.4 Å². The largest absolute Gasteiger partial charge is 0.488 e. The van der Waals surface area contributed by atoms with Crippen LogP contribution in [0.3, 0.4) is 0 Å². The van der Waals surface area contributed by atoms with Gasteiger partial charge >= 0.3 is 0 Å². The summed E-state index contributed by atoms with van der Waals surface area (Å²) in [7, 11) is 0. The molecule has 2 N–H and O–H groups in total. The van der Waals surface area contributed by atoms with E-state index in [0.29, 0.717) is 13.2 Å². The third kappa shape index (κ3) is 3.78. The zero-order chi connectivity index (χ0) is 13.8. The number of hydrogen-bond acceptors (Lipinski definition) is 3. The van der Waals surface area contributed by atoms with Gasteiger partial charge in [0.15, 0.2) is 0 Å². The van der Waals surface area contributed by atoms with Gasteiger partial charge in [-0.25, -0.2) is 0 Å². The predicted octanol–water partition coefficient (Wildman–Crippen LogP) is 3.95. The molecule has 0 atom stereocenters. The Hall–Kier alpha value is -0.910. The minimum atomic E-state index is 0.451. The van der Waals surface area contributed by atoms with Crippen molar-refractivity contribution in [3.05, 3.63) is 56.2 Å². The Morgan fingerprint density at radius 2 is 1.95 bits per heavy atom. The van der Waals surface area contributed by atoms with E-state index in [2.05, 4.69) is 36.8 Å². The van der Waals surface area contributed by atoms with Crippen molar-refractivity contribution in [3.8, 4) is 5.75 Å². The summed E-state index contributed by atoms with van der Waals surface area (Å²) in [6.45, 7) is 2.94. The molecular formula is C14H14Br2N2O. The first-order valence-electron chi connectivity index (χ1n) is 5.81. The van der Waals surface area contributed by atoms with E-state index in [1.54, 1.807) is 12.4 Å². The Morgan fingerprint density at radius 3 is 2.63 bits per heavy atom. The molecule has 0 aliphatic rings. The smallest absolute Gasteiger partial charge is 0.127 e. The van der Waals surface area contributed by atoms with Crippen LogP contribution in [0.4, 0.5) is 0 Å². The second-order valence-electron chi connectivity index (χ2n) is 4.22. The molecule has 2 aromatic rings. The van der Waals surface area contributed by atoms with E-state index in [1.165, 1.54) is 0 Å². The molecule has 0 aliphatic heterocycles. The number of pyridine rings is 1. The number of aromatic nitrogens is 1. The monoisotopic (exact) mass is 384 g/mol. The summed E-state index contributed by atoms with van der Waals surface area (Å²) in [6.07, 6.45) is 3.54. The first kappa shape index (κ1) is 14.5. The van der Waals surface area contributed by atoms with E-state index in [9.17, 15) is 0 Å². The number of nitrogens with zero attached hydrogens (tertiary/aromatic N) is 1. The quantitative estimate of drug-likeness (QED) is 0.866. The van der Waals surface area contributed by atoms with Crippen LogP contribution >= 0.6 is 31.9 Å². The molecule has 1 aromatic carbocycles. The second kappa shape index (κ2) is 6.50. The number of hydrogen-bond donors (Lipinski definition) is 1. The van der Waals surface area contributed by atoms with Crippen LogP contribution in [0.2, 0.25) is 0 Å². The van der Waals surface area contributed by atoms with Crippen molar-refractivity contribution in [3.63, 3.8) is 0 Å². The molecule has 0 saturated carbocycles. The Morgan fingerprint density at radius 1 is 1.16 bits per heavy atom. The first-order valence-corrected chi connectivity index (χ1v) is 7.40. The van der Waals surface area contributed by atoms with Crippen LogP contribution in [0, 0.1) is 6.92 Å². The van der Waals surface area contributed by atoms with Crippen molar-refractivity contribution in [2.75, 3.05) is 0 Å². The average Bonchev–Trinajstić information content (AvgIpc) is 2.37. The fraction of sp³-hybridized carbons (Fsp3) is 0.214. The lowest BCUT2D eigenvalue weighted by atomic mass is 10.1. The predicted molar refractivity (Wildman–Crippen MR) is 83.0 cm³/mol. The van der Waals surface area contributed by atoms with E-state index in [0.717, 1.165) is 31.4 Å². The summed E-state index contributed by atoms with van der Waals surface area (Å²) in [5.41, 5.74) is 8.84. The van der Waals surface area contributed by atoms with E-state index >= 15 is 0 Å². The third-order valence-electron chi connectivity index (χ3n) is 2.68. The third-order valence-corrected chi connectivity index (χ3v) is 3.57. The maximum Gasteiger partial charge on any atom is 0.127 e. The lowest BCUT2D eigenvalue weighted by Crippen LogP contribution is -2.04. The normalized spacial score (nSPS) is 10.5. The van der Waals surface area contributed by atoms with Gasteiger partial charge in [0.25, 0.3) is 0 Å². The highest BCUT2D eigenvalue weighted by atomic mass is 79.9. The molecule has 0 spiro atoms. The summed E-state index contributed by atoms with van der Waals surface area (Å²) < 4.78 is 7.85. The first-order chi connectivity index (χ1) is 9.10. The molecular weight excluding hydrogens is 372 g/mol. The average molecular weight is 386 g/mol. The number of benzene rings is 1. The lowest BCUT2D eigenvalue weighted by Gasteiger charge is -2.14. The van der Waals surface area contributed by atoms with E-state index in [-0.39, 0.29) is 0 Å². The van der Waals surface area contributed by atoms with Crippen molar-refractivity contribution in [1.82, 2.24) is 4.98 Å². The molecule has 3 nitrogen and oxygen atoms in total. The van der Waals surface area contributed by atoms with Crippen LogP contribution < -0.4 is 10.5 Å². The van der Waals surface area contributed by atoms with Crippen molar-refractivity contribution in [1.29, 1.82) is 0 Å². The molecule has 0 aliphatic carbocycles. The standard InChI is InChI=1S/C14H14Br2N2O/c1-9-2-12(15)4-11(5-17)14(9)19-8-10-3-13(16)7-18-6-10/h2-4,6-7H,5,8,17H2,1H3. The van der Waals surface area contributed by atoms with Crippen LogP contribution in [0.25, 0.3) is 0 Å². The van der Waals surface area contributed by atoms with Crippen molar-refractivity contribution in [2.24, 2.45) is 5.73 Å². The summed E-state index contributed by atoms with van der Waals surface area (Å²) in [4.78, 5) is 4.12. The zero-order valence-corrected chi connectivity index (χ0v) is 13.7. The van der Waals surface area contributed by atoms with E-state index in [1.807, 2.05) is 25.1 Å². The Labute approximate surface area is 129 Å². The minimum absolute atomic E-state index is 0.451. The SMILES string of the molecule is Cc1cc(Br)cc(CN)c1OCc1cncc(Br)c1. The summed E-state index contributed by atoms with van der Waals surface area (Å²) >= 11 is 6.86. The molecule has 1 heterocycles. The number of aryl methyl sites for hydroxylation is 1. The number of halogens is 2. The van der Waals surface area contributed by atoms with Crippen LogP contribution in [0.1, 0.15) is 16.7 Å². The molecule has 0 saturated heterocycles. The summed E-state index contributed by atoms with van der Waals surface area (Å²) in [5, 5.41) is 0. The molecule has 2 rings (SSSR count). The summed E-state index contributed by atoms with van der Waals surface area (Å²) in [6, 6.07) is 6.00. The zero-order valence-electron chi connectivity index (χ0n) is 10.5. The van der Waals surface area contributed by atoms with Crippen LogP contribution in [0.15, 0.2) is 39.5 Å². The second-order valence-corrected chi connectivity index (χ2v) is 6.05. The maximum atomic E-state index is 5.89. The molecule has 1 aromatic heterocycles. The topological polar surface area (TPSA) is 48.1 Å². The van der Waals surface area contributed by atoms with Crippen LogP contribution in [-0.4, -0.2) is 4.98 Å². The van der Waals surface area contributed by atoms with Crippen LogP contribution in [0.5, 0.6) is 5.75 Å². The van der Waals surface area contributed by atoms with Gasteiger partial charge in [0, 0.05) is 39.0 Å². The van der Waals surface area contributed by atoms with Gasteiger partial charge < -0.3 is 10.5 Å². The highest BCUT2D eigenvalue weighted by molar-refractivity contribution is 9.10. The van der Waals surface area contributed by atoms with Crippen molar-refractivity contribution in [2.45, 2.75) is 20.1 Å². The van der Waals surface area contributed by atoms with Gasteiger partial charge in [-0.1, -0.05) is 15.9 Å². The highest BCUT2D eigenvalue weighted by Gasteiger charge is 2.08. The minimum Gasteiger partial charge on any atom is -0.488 e. The number of nitrogens with two attached hydrogens (primary N) is 1. The Balaban J connectivity index is 2.19. The molecule has 0 bridgehead atoms. The van der Waals surface area contributed by atoms with Gasteiger partial charge in [-0.15, -0.1) is 0 Å². The molecule has 100 valence electrons. The van der Waals surface area contributed by atoms with Gasteiger partial charge in [-0.2, -0.15) is 0 Å². The Kier molecular flexibility index (Phi) is 4.96. The highest BCUT2D eigenvalue weighted by Crippen LogP contribution is 2.28. The molecule has 0 radical (unpaired) electrons. The molecule has 0 amide bonds. The molecule has 0 fully saturated rings. The molecule has 5 heteroatoms. The van der Waals surface area contributed by atoms with Gasteiger partial charge in [0.05, 0.1) is 0 Å². The number of ether oxygens (including phenoxy) is 1. The molecule has 19 heavy (non-hydrogen) atoms. The lowest BCUT2D eigenvalue weighted by molar-refractivity contribution is 0.300. The van der Waals surface area contributed by atoms with Crippen molar-refractivity contribution < 1.29 is 4.74 Å². The maximum absolute atomic E-state index is 5.89. The fourth-order valence-electron chi connectivity index (χ4n) is 1.85. The van der Waals surface area contributed by atoms with Gasteiger partial charge in [-0.05, 0) is 46.6 Å². The van der Waals surface area contributed by atoms with Crippen LogP contribution in [-0.2, 0) is 13.2 Å². The molecule has 0 unspecified atom stereocenters. The number of rotatable bonds is 4. The Bertz CT molecular complexity index is 588. The summed E-state index contributed by atoms with van der Waals surface area (Å²) in [5.74, 6) is 0.852. The fourth-order valence-corrected chi connectivity index (χ4v) is 2.88. The van der Waals surface area contributed by atoms with Crippen molar-refractivity contribution >= 4 is 31.9 Å². The van der Waals surface area contributed by atoms with Gasteiger partial charge in [-0.3, -0.25) is 4.98 Å². The van der Waals surface area contributed by atoms with E-state index < -0.39 is 0 Å². The van der Waals surface area contributed by atoms with E-state index in [4.69, 9.17) is 10.5 Å². The van der Waals surface area contributed by atoms with Gasteiger partial charge in [0.2, 0.25) is 0 Å².